The molecule has 0 amide bonds. The maximum absolute atomic E-state index is 5.67. The first-order valence-corrected chi connectivity index (χ1v) is 7.51. The van der Waals surface area contributed by atoms with Gasteiger partial charge in [-0.05, 0) is 25.0 Å². The number of hydrogen-bond donors (Lipinski definition) is 1. The summed E-state index contributed by atoms with van der Waals surface area (Å²) in [5.74, 6) is 1.45. The Balaban J connectivity index is 0.00000104. The van der Waals surface area contributed by atoms with Crippen molar-refractivity contribution in [2.24, 2.45) is 0 Å². The number of halogens is 2. The first-order chi connectivity index (χ1) is 10.9. The van der Waals surface area contributed by atoms with Crippen molar-refractivity contribution >= 4 is 41.5 Å². The summed E-state index contributed by atoms with van der Waals surface area (Å²) in [4.78, 5) is 13.3. The van der Waals surface area contributed by atoms with Crippen LogP contribution in [0.4, 0.5) is 5.82 Å². The van der Waals surface area contributed by atoms with Gasteiger partial charge in [-0.15, -0.1) is 24.8 Å². The number of nitrogens with zero attached hydrogens (tertiary/aromatic N) is 4. The molecular formula is C16H19Cl2N5O. The Hall–Kier alpha value is -1.89. The molecule has 6 nitrogen and oxygen atoms in total. The summed E-state index contributed by atoms with van der Waals surface area (Å²) < 4.78 is 7.48. The molecule has 24 heavy (non-hydrogen) atoms. The maximum Gasteiger partial charge on any atom is 0.237 e. The average Bonchev–Trinajstić information content (AvgIpc) is 3.25. The van der Waals surface area contributed by atoms with Gasteiger partial charge in [0, 0.05) is 30.9 Å². The van der Waals surface area contributed by atoms with Crippen LogP contribution in [0.1, 0.15) is 12.8 Å². The molecule has 0 aliphatic carbocycles. The third-order valence-corrected chi connectivity index (χ3v) is 3.85. The van der Waals surface area contributed by atoms with Crippen molar-refractivity contribution < 1.29 is 4.74 Å². The van der Waals surface area contributed by atoms with Crippen molar-refractivity contribution in [2.45, 2.75) is 18.9 Å². The van der Waals surface area contributed by atoms with Crippen LogP contribution in [-0.2, 0) is 4.74 Å². The van der Waals surface area contributed by atoms with Gasteiger partial charge in [0.2, 0.25) is 5.95 Å². The smallest absolute Gasteiger partial charge is 0.237 e. The topological polar surface area (TPSA) is 64.9 Å². The van der Waals surface area contributed by atoms with Gasteiger partial charge in [0.05, 0.1) is 11.6 Å². The Bertz CT molecular complexity index is 775. The highest BCUT2D eigenvalue weighted by atomic mass is 35.5. The number of imidazole rings is 1. The Morgan fingerprint density at radius 2 is 2.08 bits per heavy atom. The molecule has 0 saturated carbocycles. The van der Waals surface area contributed by atoms with Gasteiger partial charge in [0.25, 0.3) is 0 Å². The molecule has 128 valence electrons. The number of anilines is 1. The Morgan fingerprint density at radius 3 is 2.83 bits per heavy atom. The molecule has 2 aromatic heterocycles. The van der Waals surface area contributed by atoms with Crippen LogP contribution < -0.4 is 5.32 Å². The van der Waals surface area contributed by atoms with E-state index in [-0.39, 0.29) is 30.9 Å². The van der Waals surface area contributed by atoms with E-state index in [2.05, 4.69) is 20.3 Å². The van der Waals surface area contributed by atoms with Crippen molar-refractivity contribution in [2.75, 3.05) is 18.5 Å². The van der Waals surface area contributed by atoms with Crippen LogP contribution in [0.2, 0.25) is 0 Å². The molecule has 3 aromatic rings. The highest BCUT2D eigenvalue weighted by Crippen LogP contribution is 2.22. The summed E-state index contributed by atoms with van der Waals surface area (Å²) in [6.07, 6.45) is 7.77. The maximum atomic E-state index is 5.67. The van der Waals surface area contributed by atoms with Gasteiger partial charge in [-0.1, -0.05) is 12.1 Å². The van der Waals surface area contributed by atoms with E-state index < -0.39 is 0 Å². The van der Waals surface area contributed by atoms with Crippen LogP contribution >= 0.6 is 24.8 Å². The summed E-state index contributed by atoms with van der Waals surface area (Å²) in [6.45, 7) is 1.63. The SMILES string of the molecule is Cl.Cl.c1ccc2c(NCC3CCCO3)nc(-n3ccnc3)nc2c1. The number of fused-ring (bicyclic) bond motifs is 1. The minimum Gasteiger partial charge on any atom is -0.376 e. The molecule has 1 atom stereocenters. The fourth-order valence-electron chi connectivity index (χ4n) is 2.71. The fourth-order valence-corrected chi connectivity index (χ4v) is 2.71. The normalized spacial score (nSPS) is 16.4. The van der Waals surface area contributed by atoms with E-state index in [0.29, 0.717) is 5.95 Å². The molecule has 1 saturated heterocycles. The molecule has 0 spiro atoms. The van der Waals surface area contributed by atoms with Crippen LogP contribution in [-0.4, -0.2) is 38.8 Å². The molecule has 8 heteroatoms. The van der Waals surface area contributed by atoms with Gasteiger partial charge in [0.1, 0.15) is 12.1 Å². The Morgan fingerprint density at radius 1 is 1.21 bits per heavy atom. The van der Waals surface area contributed by atoms with E-state index in [1.165, 1.54) is 0 Å². The van der Waals surface area contributed by atoms with E-state index >= 15 is 0 Å². The van der Waals surface area contributed by atoms with Crippen LogP contribution in [0.15, 0.2) is 43.0 Å². The zero-order chi connectivity index (χ0) is 14.8. The summed E-state index contributed by atoms with van der Waals surface area (Å²) in [7, 11) is 0. The quantitative estimate of drug-likeness (QED) is 0.766. The number of benzene rings is 1. The third-order valence-electron chi connectivity index (χ3n) is 3.85. The lowest BCUT2D eigenvalue weighted by molar-refractivity contribution is 0.120. The average molecular weight is 368 g/mol. The molecule has 1 N–H and O–H groups in total. The summed E-state index contributed by atoms with van der Waals surface area (Å²) in [6, 6.07) is 8.01. The zero-order valence-electron chi connectivity index (χ0n) is 13.0. The standard InChI is InChI=1S/C16H17N5O.2ClH/c1-2-6-14-13(5-1)15(18-10-12-4-3-9-22-12)20-16(19-14)21-8-7-17-11-21;;/h1-2,5-8,11-12H,3-4,9-10H2,(H,18,19,20);2*1H. The zero-order valence-corrected chi connectivity index (χ0v) is 14.6. The molecule has 4 rings (SSSR count). The molecule has 1 fully saturated rings. The highest BCUT2D eigenvalue weighted by Gasteiger charge is 2.16. The number of ether oxygens (including phenoxy) is 1. The van der Waals surface area contributed by atoms with Crippen molar-refractivity contribution in [1.82, 2.24) is 19.5 Å². The Labute approximate surface area is 152 Å². The molecule has 1 aliphatic rings. The lowest BCUT2D eigenvalue weighted by atomic mass is 10.2. The number of aromatic nitrogens is 4. The minimum absolute atomic E-state index is 0. The second-order valence-corrected chi connectivity index (χ2v) is 5.38. The molecular weight excluding hydrogens is 349 g/mol. The van der Waals surface area contributed by atoms with Crippen LogP contribution in [0.25, 0.3) is 16.9 Å². The summed E-state index contributed by atoms with van der Waals surface area (Å²) >= 11 is 0. The van der Waals surface area contributed by atoms with E-state index in [0.717, 1.165) is 42.7 Å². The van der Waals surface area contributed by atoms with Gasteiger partial charge in [0.15, 0.2) is 0 Å². The van der Waals surface area contributed by atoms with Crippen molar-refractivity contribution in [1.29, 1.82) is 0 Å². The van der Waals surface area contributed by atoms with Gasteiger partial charge in [-0.3, -0.25) is 4.57 Å². The number of hydrogen-bond acceptors (Lipinski definition) is 5. The molecule has 1 unspecified atom stereocenters. The van der Waals surface area contributed by atoms with Crippen molar-refractivity contribution in [3.05, 3.63) is 43.0 Å². The number of rotatable bonds is 4. The van der Waals surface area contributed by atoms with E-state index in [9.17, 15) is 0 Å². The summed E-state index contributed by atoms with van der Waals surface area (Å²) in [5.41, 5.74) is 0.913. The highest BCUT2D eigenvalue weighted by molar-refractivity contribution is 5.89. The van der Waals surface area contributed by atoms with Crippen LogP contribution in [0, 0.1) is 0 Å². The van der Waals surface area contributed by atoms with E-state index in [1.54, 1.807) is 12.5 Å². The Kier molecular flexibility index (Phi) is 6.36. The number of para-hydroxylation sites is 1. The lowest BCUT2D eigenvalue weighted by Gasteiger charge is -2.14. The van der Waals surface area contributed by atoms with Crippen molar-refractivity contribution in [3.63, 3.8) is 0 Å². The minimum atomic E-state index is 0. The van der Waals surface area contributed by atoms with E-state index in [4.69, 9.17) is 4.74 Å². The number of nitrogens with one attached hydrogen (secondary N) is 1. The summed E-state index contributed by atoms with van der Waals surface area (Å²) in [5, 5.41) is 4.44. The van der Waals surface area contributed by atoms with Gasteiger partial charge >= 0.3 is 0 Å². The lowest BCUT2D eigenvalue weighted by Crippen LogP contribution is -2.19. The van der Waals surface area contributed by atoms with Gasteiger partial charge in [-0.2, -0.15) is 4.98 Å². The third kappa shape index (κ3) is 3.77. The van der Waals surface area contributed by atoms with Crippen molar-refractivity contribution in [3.8, 4) is 5.95 Å². The second kappa shape index (κ2) is 8.28. The predicted octanol–water partition coefficient (Wildman–Crippen LogP) is 3.25. The molecule has 1 aromatic carbocycles. The first-order valence-electron chi connectivity index (χ1n) is 7.51. The fraction of sp³-hybridized carbons (Fsp3) is 0.312. The second-order valence-electron chi connectivity index (χ2n) is 5.38. The first kappa shape index (κ1) is 18.4. The van der Waals surface area contributed by atoms with Crippen LogP contribution in [0.3, 0.4) is 0 Å². The molecule has 1 aliphatic heterocycles. The molecule has 0 radical (unpaired) electrons. The monoisotopic (exact) mass is 367 g/mol. The molecule has 3 heterocycles. The van der Waals surface area contributed by atoms with Gasteiger partial charge in [-0.25, -0.2) is 9.97 Å². The van der Waals surface area contributed by atoms with Gasteiger partial charge < -0.3 is 10.1 Å². The molecule has 0 bridgehead atoms. The predicted molar refractivity (Wildman–Crippen MR) is 98.6 cm³/mol. The largest absolute Gasteiger partial charge is 0.376 e. The van der Waals surface area contributed by atoms with E-state index in [1.807, 2.05) is 35.0 Å². The van der Waals surface area contributed by atoms with Crippen LogP contribution in [0.5, 0.6) is 0 Å².